The maximum absolute atomic E-state index is 11.5. The highest BCUT2D eigenvalue weighted by atomic mass is 16.7. The van der Waals surface area contributed by atoms with E-state index in [4.69, 9.17) is 20.3 Å². The molecule has 1 spiro atoms. The van der Waals surface area contributed by atoms with E-state index in [1.807, 2.05) is 0 Å². The summed E-state index contributed by atoms with van der Waals surface area (Å²) in [7, 11) is 0. The molecule has 2 fully saturated rings. The Morgan fingerprint density at radius 3 is 2.54 bits per heavy atom. The quantitative estimate of drug-likeness (QED) is 0.316. The number of ether oxygens (including phenoxy) is 2. The number of aliphatic hydroxyl groups excluding tert-OH is 3. The molecule has 0 bridgehead atoms. The van der Waals surface area contributed by atoms with Crippen molar-refractivity contribution in [1.82, 2.24) is 5.32 Å². The predicted octanol–water partition coefficient (Wildman–Crippen LogP) is -2.72. The molecule has 24 heavy (non-hydrogen) atoms. The van der Waals surface area contributed by atoms with Crippen molar-refractivity contribution in [3.63, 3.8) is 0 Å². The SMILES string of the molecule is CC(=O)N[C@@H]1[C@@H](O)[C@@H](O)[C@@H](CO)O[C@@]12CCC[C@@H]([C@H](N)C(=O)O)O2. The average molecular weight is 348 g/mol. The molecule has 2 aliphatic heterocycles. The number of aliphatic hydroxyl groups is 3. The first kappa shape index (κ1) is 19.0. The molecule has 0 aliphatic carbocycles. The van der Waals surface area contributed by atoms with Crippen molar-refractivity contribution in [3.05, 3.63) is 0 Å². The lowest BCUT2D eigenvalue weighted by Gasteiger charge is -2.53. The summed E-state index contributed by atoms with van der Waals surface area (Å²) in [6.07, 6.45) is -3.84. The number of carboxylic acid groups (broad SMARTS) is 1. The minimum absolute atomic E-state index is 0.237. The number of nitrogens with two attached hydrogens (primary N) is 1. The minimum Gasteiger partial charge on any atom is -0.480 e. The van der Waals surface area contributed by atoms with Gasteiger partial charge in [-0.1, -0.05) is 0 Å². The van der Waals surface area contributed by atoms with E-state index in [1.165, 1.54) is 6.92 Å². The van der Waals surface area contributed by atoms with Crippen molar-refractivity contribution in [3.8, 4) is 0 Å². The molecule has 2 saturated heterocycles. The first-order valence-electron chi connectivity index (χ1n) is 7.80. The summed E-state index contributed by atoms with van der Waals surface area (Å²) < 4.78 is 11.5. The highest BCUT2D eigenvalue weighted by molar-refractivity contribution is 5.74. The van der Waals surface area contributed by atoms with Crippen LogP contribution >= 0.6 is 0 Å². The van der Waals surface area contributed by atoms with Gasteiger partial charge >= 0.3 is 5.97 Å². The zero-order chi connectivity index (χ0) is 18.1. The Bertz CT molecular complexity index is 489. The van der Waals surface area contributed by atoms with Crippen molar-refractivity contribution >= 4 is 11.9 Å². The largest absolute Gasteiger partial charge is 0.480 e. The van der Waals surface area contributed by atoms with E-state index < -0.39 is 60.8 Å². The Kier molecular flexibility index (Phi) is 5.78. The van der Waals surface area contributed by atoms with E-state index in [-0.39, 0.29) is 6.42 Å². The molecule has 10 heteroatoms. The molecule has 0 saturated carbocycles. The van der Waals surface area contributed by atoms with Crippen LogP contribution in [0.4, 0.5) is 0 Å². The van der Waals surface area contributed by atoms with E-state index in [1.54, 1.807) is 0 Å². The van der Waals surface area contributed by atoms with Gasteiger partial charge < -0.3 is 41.0 Å². The second kappa shape index (κ2) is 7.30. The Morgan fingerprint density at radius 1 is 1.33 bits per heavy atom. The average Bonchev–Trinajstić information content (AvgIpc) is 2.54. The van der Waals surface area contributed by atoms with Crippen LogP contribution in [0.3, 0.4) is 0 Å². The van der Waals surface area contributed by atoms with Crippen molar-refractivity contribution in [2.75, 3.05) is 6.61 Å². The van der Waals surface area contributed by atoms with Gasteiger partial charge in [0.25, 0.3) is 0 Å². The van der Waals surface area contributed by atoms with Gasteiger partial charge in [0.05, 0.1) is 12.7 Å². The van der Waals surface area contributed by atoms with Crippen molar-refractivity contribution in [2.24, 2.45) is 5.73 Å². The van der Waals surface area contributed by atoms with Gasteiger partial charge in [0.1, 0.15) is 30.4 Å². The Balaban J connectivity index is 2.32. The van der Waals surface area contributed by atoms with E-state index in [0.29, 0.717) is 12.8 Å². The summed E-state index contributed by atoms with van der Waals surface area (Å²) >= 11 is 0. The van der Waals surface area contributed by atoms with E-state index in [2.05, 4.69) is 5.32 Å². The van der Waals surface area contributed by atoms with E-state index in [0.717, 1.165) is 0 Å². The number of hydrogen-bond donors (Lipinski definition) is 6. The summed E-state index contributed by atoms with van der Waals surface area (Å²) in [6.45, 7) is 0.653. The fourth-order valence-electron chi connectivity index (χ4n) is 3.29. The van der Waals surface area contributed by atoms with Gasteiger partial charge in [-0.25, -0.2) is 0 Å². The van der Waals surface area contributed by atoms with Crippen LogP contribution in [0.5, 0.6) is 0 Å². The highest BCUT2D eigenvalue weighted by Gasteiger charge is 2.57. The molecule has 7 N–H and O–H groups in total. The lowest BCUT2D eigenvalue weighted by atomic mass is 9.84. The molecule has 0 aromatic heterocycles. The maximum atomic E-state index is 11.5. The van der Waals surface area contributed by atoms with Crippen LogP contribution in [-0.4, -0.2) is 81.2 Å². The smallest absolute Gasteiger partial charge is 0.323 e. The summed E-state index contributed by atoms with van der Waals surface area (Å²) in [6, 6.07) is -2.43. The van der Waals surface area contributed by atoms with Gasteiger partial charge in [0, 0.05) is 13.3 Å². The van der Waals surface area contributed by atoms with Gasteiger partial charge in [-0.2, -0.15) is 0 Å². The third-order valence-electron chi connectivity index (χ3n) is 4.49. The van der Waals surface area contributed by atoms with Gasteiger partial charge in [0.2, 0.25) is 5.91 Å². The number of carboxylic acids is 1. The molecule has 7 atom stereocenters. The summed E-state index contributed by atoms with van der Waals surface area (Å²) in [4.78, 5) is 22.6. The lowest BCUT2D eigenvalue weighted by molar-refractivity contribution is -0.360. The zero-order valence-corrected chi connectivity index (χ0v) is 13.3. The van der Waals surface area contributed by atoms with Crippen LogP contribution in [0.2, 0.25) is 0 Å². The maximum Gasteiger partial charge on any atom is 0.323 e. The zero-order valence-electron chi connectivity index (χ0n) is 13.3. The number of carbonyl (C=O) groups excluding carboxylic acids is 1. The van der Waals surface area contributed by atoms with Crippen LogP contribution < -0.4 is 11.1 Å². The molecule has 10 nitrogen and oxygen atoms in total. The number of carbonyl (C=O) groups is 2. The molecule has 0 aromatic rings. The van der Waals surface area contributed by atoms with Crippen molar-refractivity contribution in [2.45, 2.75) is 68.5 Å². The standard InChI is InChI=1S/C14H24N2O8/c1-6(18)16-12-11(20)10(19)8(5-17)24-14(12)4-2-3-7(23-14)9(15)13(21)22/h7-12,17,19-20H,2-5,15H2,1H3,(H,16,18)(H,21,22)/t7-,8+,9-,10-,11-,12+,14-/m0/s1. The fraction of sp³-hybridized carbons (Fsp3) is 0.857. The molecule has 138 valence electrons. The second-order valence-electron chi connectivity index (χ2n) is 6.22. The van der Waals surface area contributed by atoms with Gasteiger partial charge in [-0.15, -0.1) is 0 Å². The molecular formula is C14H24N2O8. The first-order chi connectivity index (χ1) is 11.2. The second-order valence-corrected chi connectivity index (χ2v) is 6.22. The Morgan fingerprint density at radius 2 is 2.00 bits per heavy atom. The molecular weight excluding hydrogens is 324 g/mol. The summed E-state index contributed by atoms with van der Waals surface area (Å²) in [5, 5.41) is 41.3. The first-order valence-corrected chi connectivity index (χ1v) is 7.80. The Hall–Kier alpha value is -1.30. The number of hydrogen-bond acceptors (Lipinski definition) is 8. The van der Waals surface area contributed by atoms with Crippen LogP contribution in [0, 0.1) is 0 Å². The third kappa shape index (κ3) is 3.53. The summed E-state index contributed by atoms with van der Waals surface area (Å²) in [5.74, 6) is -3.30. The van der Waals surface area contributed by atoms with Crippen LogP contribution in [0.15, 0.2) is 0 Å². The van der Waals surface area contributed by atoms with Gasteiger partial charge in [-0.3, -0.25) is 9.59 Å². The summed E-state index contributed by atoms with van der Waals surface area (Å²) in [5.41, 5.74) is 5.63. The van der Waals surface area contributed by atoms with Gasteiger partial charge in [-0.05, 0) is 12.8 Å². The molecule has 0 radical (unpaired) electrons. The van der Waals surface area contributed by atoms with Crippen molar-refractivity contribution in [1.29, 1.82) is 0 Å². The normalized spacial score (nSPS) is 41.0. The Labute approximate surface area is 138 Å². The number of nitrogens with one attached hydrogen (secondary N) is 1. The molecule has 2 aliphatic rings. The molecule has 0 aromatic carbocycles. The van der Waals surface area contributed by atoms with Crippen LogP contribution in [-0.2, 0) is 19.1 Å². The number of amides is 1. The third-order valence-corrected chi connectivity index (χ3v) is 4.49. The molecule has 2 rings (SSSR count). The van der Waals surface area contributed by atoms with Crippen molar-refractivity contribution < 1.29 is 39.5 Å². The monoisotopic (exact) mass is 348 g/mol. The fourth-order valence-corrected chi connectivity index (χ4v) is 3.29. The van der Waals surface area contributed by atoms with Crippen LogP contribution in [0.1, 0.15) is 26.2 Å². The van der Waals surface area contributed by atoms with Gasteiger partial charge in [0.15, 0.2) is 5.79 Å². The van der Waals surface area contributed by atoms with Crippen LogP contribution in [0.25, 0.3) is 0 Å². The number of aliphatic carboxylic acids is 1. The van der Waals surface area contributed by atoms with E-state index in [9.17, 15) is 24.9 Å². The number of rotatable bonds is 4. The topological polar surface area (TPSA) is 172 Å². The highest BCUT2D eigenvalue weighted by Crippen LogP contribution is 2.40. The molecule has 2 heterocycles. The lowest BCUT2D eigenvalue weighted by Crippen LogP contribution is -2.72. The molecule has 0 unspecified atom stereocenters. The van der Waals surface area contributed by atoms with E-state index >= 15 is 0 Å². The minimum atomic E-state index is -1.58. The predicted molar refractivity (Wildman–Crippen MR) is 78.6 cm³/mol. The molecule has 1 amide bonds.